The maximum atomic E-state index is 12.0. The van der Waals surface area contributed by atoms with Crippen LogP contribution in [0.15, 0.2) is 43.4 Å². The minimum atomic E-state index is 0.0642. The number of nitrogens with one attached hydrogen (secondary N) is 3. The summed E-state index contributed by atoms with van der Waals surface area (Å²) in [6.45, 7) is 2.38. The molecule has 0 bridgehead atoms. The maximum absolute atomic E-state index is 12.0. The molecule has 27 heavy (non-hydrogen) atoms. The highest BCUT2D eigenvalue weighted by Crippen LogP contribution is 2.40. The Morgan fingerprint density at radius 3 is 3.04 bits per heavy atom. The average Bonchev–Trinajstić information content (AvgIpc) is 3.11. The molecule has 0 saturated carbocycles. The van der Waals surface area contributed by atoms with Crippen molar-refractivity contribution in [1.29, 1.82) is 0 Å². The quantitative estimate of drug-likeness (QED) is 0.405. The first-order valence-electron chi connectivity index (χ1n) is 8.81. The lowest BCUT2D eigenvalue weighted by molar-refractivity contribution is 0.251. The lowest BCUT2D eigenvalue weighted by Crippen LogP contribution is -2.29. The van der Waals surface area contributed by atoms with Gasteiger partial charge in [0.1, 0.15) is 11.6 Å². The third-order valence-electron chi connectivity index (χ3n) is 4.56. The van der Waals surface area contributed by atoms with Crippen LogP contribution in [0.3, 0.4) is 0 Å². The number of H-pyrrole nitrogens is 1. The Morgan fingerprint density at radius 2 is 2.15 bits per heavy atom. The number of aromatic nitrogens is 1. The zero-order chi connectivity index (χ0) is 18.8. The van der Waals surface area contributed by atoms with Gasteiger partial charge in [-0.3, -0.25) is 4.79 Å². The molecular weight excluding hydrogens is 494 g/mol. The molecule has 1 aromatic carbocycles. The van der Waals surface area contributed by atoms with Gasteiger partial charge < -0.3 is 20.4 Å². The third kappa shape index (κ3) is 4.23. The van der Waals surface area contributed by atoms with Gasteiger partial charge in [-0.15, -0.1) is 11.3 Å². The molecule has 1 aliphatic rings. The van der Waals surface area contributed by atoms with Crippen molar-refractivity contribution in [1.82, 2.24) is 10.3 Å². The van der Waals surface area contributed by atoms with E-state index < -0.39 is 0 Å². The minimum Gasteiger partial charge on any atom is -0.492 e. The highest BCUT2D eigenvalue weighted by molar-refractivity contribution is 9.11. The van der Waals surface area contributed by atoms with E-state index >= 15 is 0 Å². The van der Waals surface area contributed by atoms with Crippen molar-refractivity contribution in [3.8, 4) is 5.75 Å². The molecule has 0 radical (unpaired) electrons. The summed E-state index contributed by atoms with van der Waals surface area (Å²) < 4.78 is 8.61. The van der Waals surface area contributed by atoms with E-state index in [2.05, 4.69) is 53.5 Å². The number of hydrogen-bond donors (Lipinski definition) is 3. The first-order chi connectivity index (χ1) is 13.1. The standard InChI is InChI=1S/C19H19Br2N3O2S/c20-11-8-12-14(2-6-26-18(12)13(21)9-11)22-4-1-5-23-17-10-16(25)19-15(24-17)3-7-27-19/h3,7-10,14,22H,1-2,4-6H2,(H2,23,24,25). The van der Waals surface area contributed by atoms with E-state index in [-0.39, 0.29) is 11.5 Å². The number of ether oxygens (including phenoxy) is 1. The molecule has 0 amide bonds. The third-order valence-corrected chi connectivity index (χ3v) is 6.53. The van der Waals surface area contributed by atoms with Gasteiger partial charge in [-0.25, -0.2) is 0 Å². The van der Waals surface area contributed by atoms with Gasteiger partial charge in [0.15, 0.2) is 0 Å². The fourth-order valence-corrected chi connectivity index (χ4v) is 5.43. The van der Waals surface area contributed by atoms with Crippen molar-refractivity contribution < 1.29 is 4.74 Å². The van der Waals surface area contributed by atoms with Crippen LogP contribution >= 0.6 is 43.2 Å². The first kappa shape index (κ1) is 19.0. The van der Waals surface area contributed by atoms with Gasteiger partial charge in [0.2, 0.25) is 5.43 Å². The van der Waals surface area contributed by atoms with Crippen LogP contribution in [0.2, 0.25) is 0 Å². The number of aromatic amines is 1. The second kappa shape index (κ2) is 8.34. The number of pyridine rings is 1. The lowest BCUT2D eigenvalue weighted by atomic mass is 10.0. The van der Waals surface area contributed by atoms with Gasteiger partial charge in [-0.1, -0.05) is 15.9 Å². The Hall–Kier alpha value is -1.35. The average molecular weight is 513 g/mol. The summed E-state index contributed by atoms with van der Waals surface area (Å²) in [5.74, 6) is 1.71. The topological polar surface area (TPSA) is 66.2 Å². The molecule has 0 fully saturated rings. The zero-order valence-corrected chi connectivity index (χ0v) is 18.5. The molecule has 1 aliphatic heterocycles. The van der Waals surface area contributed by atoms with Crippen LogP contribution in [0.1, 0.15) is 24.4 Å². The fourth-order valence-electron chi connectivity index (χ4n) is 3.30. The summed E-state index contributed by atoms with van der Waals surface area (Å²) >= 11 is 8.60. The Kier molecular flexibility index (Phi) is 5.87. The number of hydrogen-bond acceptors (Lipinski definition) is 5. The van der Waals surface area contributed by atoms with Gasteiger partial charge >= 0.3 is 0 Å². The number of anilines is 1. The van der Waals surface area contributed by atoms with E-state index in [0.29, 0.717) is 6.61 Å². The van der Waals surface area contributed by atoms with E-state index in [1.54, 1.807) is 6.07 Å². The van der Waals surface area contributed by atoms with Crippen molar-refractivity contribution in [2.75, 3.05) is 25.0 Å². The summed E-state index contributed by atoms with van der Waals surface area (Å²) in [6, 6.07) is 7.99. The number of benzene rings is 1. The minimum absolute atomic E-state index is 0.0642. The van der Waals surface area contributed by atoms with Crippen molar-refractivity contribution >= 4 is 59.2 Å². The Bertz CT molecular complexity index is 1020. The molecule has 5 nitrogen and oxygen atoms in total. The zero-order valence-electron chi connectivity index (χ0n) is 14.5. The SMILES string of the molecule is O=c1cc(NCCCNC2CCOc3c(Br)cc(Br)cc32)[nH]c2ccsc12. The van der Waals surface area contributed by atoms with Gasteiger partial charge in [-0.05, 0) is 52.5 Å². The van der Waals surface area contributed by atoms with Crippen molar-refractivity contribution in [2.45, 2.75) is 18.9 Å². The predicted octanol–water partition coefficient (Wildman–Crippen LogP) is 5.03. The smallest absolute Gasteiger partial charge is 0.201 e. The number of halogens is 2. The molecule has 0 aliphatic carbocycles. The molecule has 8 heteroatoms. The predicted molar refractivity (Wildman–Crippen MR) is 118 cm³/mol. The van der Waals surface area contributed by atoms with Gasteiger partial charge in [0, 0.05) is 35.1 Å². The Labute approximate surface area is 177 Å². The molecular formula is C19H19Br2N3O2S. The van der Waals surface area contributed by atoms with Crippen LogP contribution in [0, 0.1) is 0 Å². The summed E-state index contributed by atoms with van der Waals surface area (Å²) in [7, 11) is 0. The van der Waals surface area contributed by atoms with Crippen molar-refractivity contribution in [2.24, 2.45) is 0 Å². The summed E-state index contributed by atoms with van der Waals surface area (Å²) in [5.41, 5.74) is 2.14. The van der Waals surface area contributed by atoms with E-state index in [0.717, 1.165) is 56.7 Å². The van der Waals surface area contributed by atoms with Crippen LogP contribution in [0.4, 0.5) is 5.82 Å². The summed E-state index contributed by atoms with van der Waals surface area (Å²) in [5, 5.41) is 8.86. The summed E-state index contributed by atoms with van der Waals surface area (Å²) in [6.07, 6.45) is 1.90. The largest absolute Gasteiger partial charge is 0.492 e. The second-order valence-electron chi connectivity index (χ2n) is 6.44. The molecule has 142 valence electrons. The normalized spacial score (nSPS) is 16.1. The van der Waals surface area contributed by atoms with E-state index in [9.17, 15) is 4.79 Å². The molecule has 1 atom stereocenters. The van der Waals surface area contributed by atoms with Crippen LogP contribution < -0.4 is 20.8 Å². The first-order valence-corrected chi connectivity index (χ1v) is 11.3. The number of fused-ring (bicyclic) bond motifs is 2. The highest BCUT2D eigenvalue weighted by Gasteiger charge is 2.23. The maximum Gasteiger partial charge on any atom is 0.201 e. The van der Waals surface area contributed by atoms with Crippen LogP contribution in [-0.2, 0) is 0 Å². The van der Waals surface area contributed by atoms with E-state index in [1.807, 2.05) is 17.5 Å². The van der Waals surface area contributed by atoms with Crippen LogP contribution in [0.25, 0.3) is 10.2 Å². The molecule has 4 rings (SSSR count). The van der Waals surface area contributed by atoms with Crippen LogP contribution in [0.5, 0.6) is 5.75 Å². The fraction of sp³-hybridized carbons (Fsp3) is 0.316. The van der Waals surface area contributed by atoms with Crippen LogP contribution in [-0.4, -0.2) is 24.7 Å². The molecule has 0 saturated heterocycles. The van der Waals surface area contributed by atoms with Gasteiger partial charge in [-0.2, -0.15) is 0 Å². The second-order valence-corrected chi connectivity index (χ2v) is 9.13. The Morgan fingerprint density at radius 1 is 1.26 bits per heavy atom. The molecule has 0 spiro atoms. The molecule has 3 N–H and O–H groups in total. The number of thiophene rings is 1. The molecule has 3 heterocycles. The van der Waals surface area contributed by atoms with E-state index in [4.69, 9.17) is 4.74 Å². The Balaban J connectivity index is 1.31. The van der Waals surface area contributed by atoms with Crippen molar-refractivity contribution in [3.63, 3.8) is 0 Å². The highest BCUT2D eigenvalue weighted by atomic mass is 79.9. The van der Waals surface area contributed by atoms with Gasteiger partial charge in [0.05, 0.1) is 21.3 Å². The number of rotatable bonds is 6. The lowest BCUT2D eigenvalue weighted by Gasteiger charge is -2.28. The van der Waals surface area contributed by atoms with Crippen molar-refractivity contribution in [3.05, 3.63) is 54.4 Å². The molecule has 1 unspecified atom stereocenters. The molecule has 2 aromatic heterocycles. The summed E-state index contributed by atoms with van der Waals surface area (Å²) in [4.78, 5) is 15.3. The van der Waals surface area contributed by atoms with E-state index in [1.165, 1.54) is 16.9 Å². The van der Waals surface area contributed by atoms with Gasteiger partial charge in [0.25, 0.3) is 0 Å². The molecule has 3 aromatic rings. The monoisotopic (exact) mass is 511 g/mol.